The number of nitrogens with one attached hydrogen (secondary N) is 4. The highest BCUT2D eigenvalue weighted by molar-refractivity contribution is 6.01. The zero-order chi connectivity index (χ0) is 39.7. The number of carbonyl (C=O) groups is 5. The summed E-state index contributed by atoms with van der Waals surface area (Å²) in [5.41, 5.74) is 8.64. The first kappa shape index (κ1) is 41.1. The first-order valence-electron chi connectivity index (χ1n) is 19.1. The Hall–Kier alpha value is -6.02. The van der Waals surface area contributed by atoms with Gasteiger partial charge in [-0.2, -0.15) is 0 Å². The molecule has 1 aliphatic heterocycles. The lowest BCUT2D eigenvalue weighted by molar-refractivity contribution is -0.132. The van der Waals surface area contributed by atoms with Gasteiger partial charge in [0.25, 0.3) is 5.91 Å². The molecule has 5 amide bonds. The van der Waals surface area contributed by atoms with Crippen molar-refractivity contribution in [2.24, 2.45) is 5.73 Å². The van der Waals surface area contributed by atoms with Crippen LogP contribution in [-0.2, 0) is 32.0 Å². The lowest BCUT2D eigenvalue weighted by Gasteiger charge is -2.25. The number of hydrogen-bond acceptors (Lipinski definition) is 9. The van der Waals surface area contributed by atoms with E-state index in [2.05, 4.69) is 26.4 Å². The number of ether oxygens (including phenoxy) is 1. The van der Waals surface area contributed by atoms with E-state index in [0.717, 1.165) is 5.56 Å². The SMILES string of the molecule is Cc1onc(-c2ccccc2)c1C(=O)N1CCCC(=O)NCCOc2cccc(c2)CC(=O)N[C@@H](CCCCN)C(=O)N[C@H](Cc2ccccc2)C(=O)NCC1. The summed E-state index contributed by atoms with van der Waals surface area (Å²) < 4.78 is 11.3. The van der Waals surface area contributed by atoms with Crippen LogP contribution in [0.4, 0.5) is 0 Å². The second-order valence-corrected chi connectivity index (χ2v) is 13.7. The highest BCUT2D eigenvalue weighted by Gasteiger charge is 2.29. The fourth-order valence-corrected chi connectivity index (χ4v) is 6.47. The Balaban J connectivity index is 1.40. The van der Waals surface area contributed by atoms with Gasteiger partial charge < -0.3 is 41.2 Å². The number of aromatic nitrogens is 1. The molecule has 0 saturated carbocycles. The van der Waals surface area contributed by atoms with Gasteiger partial charge in [0.1, 0.15) is 41.5 Å². The lowest BCUT2D eigenvalue weighted by atomic mass is 10.0. The van der Waals surface area contributed by atoms with Gasteiger partial charge in [-0.15, -0.1) is 0 Å². The van der Waals surface area contributed by atoms with E-state index in [1.165, 1.54) is 0 Å². The summed E-state index contributed by atoms with van der Waals surface area (Å²) >= 11 is 0. The summed E-state index contributed by atoms with van der Waals surface area (Å²) in [4.78, 5) is 69.7. The van der Waals surface area contributed by atoms with E-state index in [4.69, 9.17) is 15.0 Å². The predicted octanol–water partition coefficient (Wildman–Crippen LogP) is 3.08. The monoisotopic (exact) mass is 765 g/mol. The smallest absolute Gasteiger partial charge is 0.259 e. The minimum absolute atomic E-state index is 0.000989. The maximum absolute atomic E-state index is 14.2. The molecule has 0 spiro atoms. The van der Waals surface area contributed by atoms with Crippen LogP contribution >= 0.6 is 0 Å². The molecule has 0 aliphatic carbocycles. The Bertz CT molecular complexity index is 1920. The Labute approximate surface area is 326 Å². The summed E-state index contributed by atoms with van der Waals surface area (Å²) in [7, 11) is 0. The molecule has 0 fully saturated rings. The van der Waals surface area contributed by atoms with E-state index in [-0.39, 0.29) is 69.8 Å². The molecule has 0 unspecified atom stereocenters. The van der Waals surface area contributed by atoms with Crippen LogP contribution in [0.25, 0.3) is 11.3 Å². The third-order valence-electron chi connectivity index (χ3n) is 9.39. The first-order valence-corrected chi connectivity index (χ1v) is 19.1. The number of amides is 5. The molecular formula is C42H51N7O7. The Morgan fingerprint density at radius 3 is 2.38 bits per heavy atom. The van der Waals surface area contributed by atoms with Gasteiger partial charge in [-0.1, -0.05) is 78.0 Å². The van der Waals surface area contributed by atoms with Crippen molar-refractivity contribution in [2.45, 2.75) is 64.0 Å². The normalized spacial score (nSPS) is 18.1. The minimum atomic E-state index is -0.993. The van der Waals surface area contributed by atoms with Crippen molar-refractivity contribution in [3.8, 4) is 17.0 Å². The summed E-state index contributed by atoms with van der Waals surface area (Å²) in [5.74, 6) is -1.01. The molecule has 2 heterocycles. The van der Waals surface area contributed by atoms with E-state index < -0.39 is 23.9 Å². The Kier molecular flexibility index (Phi) is 15.6. The number of nitrogens with two attached hydrogens (primary N) is 1. The number of carbonyl (C=O) groups excluding carboxylic acids is 5. The van der Waals surface area contributed by atoms with E-state index in [1.54, 1.807) is 36.1 Å². The zero-order valence-corrected chi connectivity index (χ0v) is 31.8. The number of rotatable bonds is 8. The van der Waals surface area contributed by atoms with Crippen LogP contribution < -0.4 is 31.7 Å². The van der Waals surface area contributed by atoms with Gasteiger partial charge in [0.2, 0.25) is 23.6 Å². The van der Waals surface area contributed by atoms with Crippen LogP contribution in [0, 0.1) is 6.92 Å². The fraction of sp³-hybridized carbons (Fsp3) is 0.381. The molecule has 2 atom stereocenters. The molecule has 0 radical (unpaired) electrons. The van der Waals surface area contributed by atoms with Gasteiger partial charge in [0.05, 0.1) is 13.0 Å². The molecule has 14 heteroatoms. The van der Waals surface area contributed by atoms with Gasteiger partial charge in [-0.25, -0.2) is 0 Å². The molecule has 5 rings (SSSR count). The van der Waals surface area contributed by atoms with Crippen molar-refractivity contribution in [1.82, 2.24) is 31.3 Å². The topological polar surface area (TPSA) is 198 Å². The average Bonchev–Trinajstić information content (AvgIpc) is 3.59. The van der Waals surface area contributed by atoms with E-state index >= 15 is 0 Å². The van der Waals surface area contributed by atoms with Gasteiger partial charge in [-0.3, -0.25) is 24.0 Å². The number of unbranched alkanes of at least 4 members (excludes halogenated alkanes) is 1. The molecule has 0 saturated heterocycles. The van der Waals surface area contributed by atoms with Crippen molar-refractivity contribution in [3.05, 3.63) is 107 Å². The number of benzene rings is 3. The van der Waals surface area contributed by atoms with Crippen molar-refractivity contribution in [2.75, 3.05) is 39.3 Å². The van der Waals surface area contributed by atoms with E-state index in [1.807, 2.05) is 60.7 Å². The highest BCUT2D eigenvalue weighted by Crippen LogP contribution is 2.26. The summed E-state index contributed by atoms with van der Waals surface area (Å²) in [5, 5.41) is 15.7. The van der Waals surface area contributed by atoms with Gasteiger partial charge in [0, 0.05) is 38.0 Å². The molecule has 3 aromatic carbocycles. The quantitative estimate of drug-likeness (QED) is 0.168. The Morgan fingerprint density at radius 1 is 0.839 bits per heavy atom. The van der Waals surface area contributed by atoms with Crippen LogP contribution in [0.2, 0.25) is 0 Å². The van der Waals surface area contributed by atoms with Gasteiger partial charge >= 0.3 is 0 Å². The third-order valence-corrected chi connectivity index (χ3v) is 9.39. The van der Waals surface area contributed by atoms with Crippen molar-refractivity contribution in [3.63, 3.8) is 0 Å². The Morgan fingerprint density at radius 2 is 1.61 bits per heavy atom. The van der Waals surface area contributed by atoms with Crippen LogP contribution in [-0.4, -0.2) is 91.0 Å². The fourth-order valence-electron chi connectivity index (χ4n) is 6.47. The number of aryl methyl sites for hydroxylation is 1. The maximum Gasteiger partial charge on any atom is 0.259 e. The molecular weight excluding hydrogens is 715 g/mol. The van der Waals surface area contributed by atoms with Crippen LogP contribution in [0.15, 0.2) is 89.5 Å². The molecule has 4 aromatic rings. The molecule has 2 bridgehead atoms. The van der Waals surface area contributed by atoms with Crippen molar-refractivity contribution in [1.29, 1.82) is 0 Å². The summed E-state index contributed by atoms with van der Waals surface area (Å²) in [6, 6.07) is 23.7. The summed E-state index contributed by atoms with van der Waals surface area (Å²) in [6.45, 7) is 2.91. The number of nitrogens with zero attached hydrogens (tertiary/aromatic N) is 2. The third kappa shape index (κ3) is 12.2. The lowest BCUT2D eigenvalue weighted by Crippen LogP contribution is -2.55. The van der Waals surface area contributed by atoms with Gasteiger partial charge in [-0.05, 0) is 62.4 Å². The largest absolute Gasteiger partial charge is 0.492 e. The second kappa shape index (κ2) is 21.2. The predicted molar refractivity (Wildman–Crippen MR) is 210 cm³/mol. The molecule has 296 valence electrons. The second-order valence-electron chi connectivity index (χ2n) is 13.7. The van der Waals surface area contributed by atoms with Gasteiger partial charge in [0.15, 0.2) is 0 Å². The van der Waals surface area contributed by atoms with Crippen molar-refractivity contribution >= 4 is 29.5 Å². The van der Waals surface area contributed by atoms with Crippen LogP contribution in [0.1, 0.15) is 59.3 Å². The highest BCUT2D eigenvalue weighted by atomic mass is 16.5. The molecule has 1 aromatic heterocycles. The van der Waals surface area contributed by atoms with E-state index in [0.29, 0.717) is 66.1 Å². The number of fused-ring (bicyclic) bond motifs is 2. The molecule has 6 N–H and O–H groups in total. The number of hydrogen-bond donors (Lipinski definition) is 5. The van der Waals surface area contributed by atoms with Crippen LogP contribution in [0.5, 0.6) is 5.75 Å². The molecule has 1 aliphatic rings. The molecule has 56 heavy (non-hydrogen) atoms. The molecule has 14 nitrogen and oxygen atoms in total. The van der Waals surface area contributed by atoms with Crippen molar-refractivity contribution < 1.29 is 33.2 Å². The average molecular weight is 766 g/mol. The van der Waals surface area contributed by atoms with Crippen LogP contribution in [0.3, 0.4) is 0 Å². The van der Waals surface area contributed by atoms with E-state index in [9.17, 15) is 24.0 Å². The maximum atomic E-state index is 14.2. The minimum Gasteiger partial charge on any atom is -0.492 e. The first-order chi connectivity index (χ1) is 27.2. The summed E-state index contributed by atoms with van der Waals surface area (Å²) in [6.07, 6.45) is 2.25. The zero-order valence-electron chi connectivity index (χ0n) is 31.8. The standard InChI is InChI=1S/C42H51N7O7/c1-29-38(39(48-56-29)32-15-6-3-7-16-32)42(54)49-23-11-19-36(50)44-22-25-55-33-17-10-14-31(26-33)28-37(51)46-34(18-8-9-20-43)41(53)47-35(40(52)45-21-24-49)27-30-12-4-2-5-13-30/h2-7,10,12-17,26,34-35H,8-9,11,18-25,27-28,43H2,1H3,(H,44,50)(H,45,52)(H,46,51)(H,47,53)/t34-,35+/m0/s1.